The van der Waals surface area contributed by atoms with E-state index in [1.54, 1.807) is 23.0 Å². The molecule has 22 heavy (non-hydrogen) atoms. The minimum atomic E-state index is -3.74. The first kappa shape index (κ1) is 14.1. The molecule has 0 spiro atoms. The summed E-state index contributed by atoms with van der Waals surface area (Å²) in [7, 11) is -3.74. The summed E-state index contributed by atoms with van der Waals surface area (Å²) in [6.45, 7) is 1.82. The van der Waals surface area contributed by atoms with Gasteiger partial charge in [0.25, 0.3) is 10.0 Å². The van der Waals surface area contributed by atoms with Gasteiger partial charge < -0.3 is 0 Å². The number of anilines is 1. The number of aromatic nitrogens is 5. The Hall–Kier alpha value is -2.81. The Morgan fingerprint density at radius 1 is 1.18 bits per heavy atom. The summed E-state index contributed by atoms with van der Waals surface area (Å²) < 4.78 is 28.6. The molecule has 0 aliphatic heterocycles. The normalized spacial score (nSPS) is 11.3. The molecule has 0 saturated heterocycles. The zero-order chi connectivity index (χ0) is 15.6. The fourth-order valence-corrected chi connectivity index (χ4v) is 2.82. The van der Waals surface area contributed by atoms with Gasteiger partial charge in [-0.1, -0.05) is 0 Å². The van der Waals surface area contributed by atoms with E-state index in [1.165, 1.54) is 30.9 Å². The van der Waals surface area contributed by atoms with Crippen LogP contribution in [0.25, 0.3) is 5.82 Å². The number of sulfonamides is 1. The Balaban J connectivity index is 1.93. The van der Waals surface area contributed by atoms with Gasteiger partial charge in [-0.2, -0.15) is 0 Å². The predicted octanol–water partition coefficient (Wildman–Crippen LogP) is 1.17. The Kier molecular flexibility index (Phi) is 3.55. The maximum atomic E-state index is 12.2. The second-order valence-electron chi connectivity index (χ2n) is 4.40. The third-order valence-electron chi connectivity index (χ3n) is 2.91. The Bertz CT molecular complexity index is 892. The molecule has 0 aliphatic carbocycles. The fraction of sp³-hybridized carbons (Fsp3) is 0.0769. The van der Waals surface area contributed by atoms with Crippen molar-refractivity contribution < 1.29 is 8.42 Å². The molecule has 0 aliphatic rings. The summed E-state index contributed by atoms with van der Waals surface area (Å²) in [5, 5.41) is 0. The van der Waals surface area contributed by atoms with Crippen molar-refractivity contribution in [3.05, 3.63) is 55.1 Å². The van der Waals surface area contributed by atoms with Crippen LogP contribution in [0.1, 0.15) is 5.82 Å². The van der Waals surface area contributed by atoms with Gasteiger partial charge >= 0.3 is 0 Å². The van der Waals surface area contributed by atoms with E-state index >= 15 is 0 Å². The minimum Gasteiger partial charge on any atom is -0.288 e. The average molecular weight is 316 g/mol. The Morgan fingerprint density at radius 3 is 2.73 bits per heavy atom. The van der Waals surface area contributed by atoms with Gasteiger partial charge in [0.15, 0.2) is 0 Å². The van der Waals surface area contributed by atoms with Gasteiger partial charge in [-0.3, -0.25) is 14.3 Å². The van der Waals surface area contributed by atoms with Crippen LogP contribution in [0.15, 0.2) is 54.2 Å². The molecule has 0 saturated carbocycles. The van der Waals surface area contributed by atoms with E-state index < -0.39 is 10.0 Å². The molecule has 0 unspecified atom stereocenters. The lowest BCUT2D eigenvalue weighted by molar-refractivity contribution is 0.600. The zero-order valence-corrected chi connectivity index (χ0v) is 12.4. The molecule has 9 heteroatoms. The first-order valence-corrected chi connectivity index (χ1v) is 7.80. The molecule has 0 fully saturated rings. The Morgan fingerprint density at radius 2 is 2.05 bits per heavy atom. The average Bonchev–Trinajstić information content (AvgIpc) is 2.94. The minimum absolute atomic E-state index is 0.0639. The summed E-state index contributed by atoms with van der Waals surface area (Å²) in [5.74, 6) is 1.43. The largest absolute Gasteiger partial charge is 0.288 e. The van der Waals surface area contributed by atoms with Crippen molar-refractivity contribution in [1.82, 2.24) is 24.5 Å². The molecule has 0 bridgehead atoms. The lowest BCUT2D eigenvalue weighted by Gasteiger charge is -2.08. The number of hydrogen-bond acceptors (Lipinski definition) is 6. The van der Waals surface area contributed by atoms with Crippen LogP contribution in [0.3, 0.4) is 0 Å². The fourth-order valence-electron chi connectivity index (χ4n) is 1.86. The van der Waals surface area contributed by atoms with Crippen LogP contribution in [0, 0.1) is 6.92 Å². The summed E-state index contributed by atoms with van der Waals surface area (Å²) in [4.78, 5) is 16.0. The number of nitrogens with zero attached hydrogens (tertiary/aromatic N) is 5. The number of hydrogen-bond donors (Lipinski definition) is 1. The zero-order valence-electron chi connectivity index (χ0n) is 11.6. The van der Waals surface area contributed by atoms with Crippen LogP contribution < -0.4 is 4.72 Å². The molecule has 3 aromatic rings. The molecule has 3 aromatic heterocycles. The van der Waals surface area contributed by atoms with E-state index in [2.05, 4.69) is 24.7 Å². The van der Waals surface area contributed by atoms with E-state index in [4.69, 9.17) is 0 Å². The summed E-state index contributed by atoms with van der Waals surface area (Å²) in [6, 6.07) is 4.54. The van der Waals surface area contributed by atoms with Crippen molar-refractivity contribution in [2.75, 3.05) is 4.72 Å². The highest BCUT2D eigenvalue weighted by molar-refractivity contribution is 7.92. The molecule has 1 N–H and O–H groups in total. The van der Waals surface area contributed by atoms with Gasteiger partial charge in [0.05, 0.1) is 0 Å². The monoisotopic (exact) mass is 316 g/mol. The van der Waals surface area contributed by atoms with Crippen LogP contribution >= 0.6 is 0 Å². The van der Waals surface area contributed by atoms with Gasteiger partial charge in [0.1, 0.15) is 28.7 Å². The second-order valence-corrected chi connectivity index (χ2v) is 6.08. The van der Waals surface area contributed by atoms with E-state index in [1.807, 2.05) is 6.92 Å². The summed E-state index contributed by atoms with van der Waals surface area (Å²) >= 11 is 0. The third-order valence-corrected chi connectivity index (χ3v) is 4.25. The molecule has 0 atom stereocenters. The molecular formula is C13H12N6O2S. The smallest absolute Gasteiger partial charge is 0.264 e. The van der Waals surface area contributed by atoms with Crippen LogP contribution in [-0.4, -0.2) is 32.9 Å². The number of aryl methyl sites for hydroxylation is 1. The van der Waals surface area contributed by atoms with Crippen molar-refractivity contribution in [2.24, 2.45) is 0 Å². The van der Waals surface area contributed by atoms with Crippen molar-refractivity contribution in [1.29, 1.82) is 0 Å². The number of imidazole rings is 1. The van der Waals surface area contributed by atoms with E-state index in [9.17, 15) is 8.42 Å². The highest BCUT2D eigenvalue weighted by Gasteiger charge is 2.15. The third kappa shape index (κ3) is 2.79. The van der Waals surface area contributed by atoms with Crippen molar-refractivity contribution in [2.45, 2.75) is 11.8 Å². The topological polar surface area (TPSA) is 103 Å². The van der Waals surface area contributed by atoms with E-state index in [0.717, 1.165) is 5.82 Å². The molecule has 0 radical (unpaired) electrons. The predicted molar refractivity (Wildman–Crippen MR) is 78.9 cm³/mol. The van der Waals surface area contributed by atoms with Gasteiger partial charge in [0.2, 0.25) is 0 Å². The lowest BCUT2D eigenvalue weighted by atomic mass is 10.5. The molecule has 3 rings (SSSR count). The molecule has 0 aromatic carbocycles. The number of nitrogens with one attached hydrogen (secondary N) is 1. The first-order chi connectivity index (χ1) is 10.6. The van der Waals surface area contributed by atoms with Crippen LogP contribution in [0.5, 0.6) is 0 Å². The standard InChI is InChI=1S/C13H12N6O2S/c1-10-15-5-6-19(10)13-7-12(16-9-17-13)18-22(20,21)11-3-2-4-14-8-11/h2-9H,1H3,(H,16,17,18). The lowest BCUT2D eigenvalue weighted by Crippen LogP contribution is -2.14. The molecule has 112 valence electrons. The van der Waals surface area contributed by atoms with Crippen molar-refractivity contribution >= 4 is 15.8 Å². The SMILES string of the molecule is Cc1nccn1-c1cc(NS(=O)(=O)c2cccnc2)ncn1. The summed E-state index contributed by atoms with van der Waals surface area (Å²) in [5.41, 5.74) is 0. The van der Waals surface area contributed by atoms with Gasteiger partial charge in [-0.25, -0.2) is 23.4 Å². The molecular weight excluding hydrogens is 304 g/mol. The van der Waals surface area contributed by atoms with E-state index in [0.29, 0.717) is 5.82 Å². The Labute approximate surface area is 127 Å². The molecule has 3 heterocycles. The highest BCUT2D eigenvalue weighted by atomic mass is 32.2. The second kappa shape index (κ2) is 5.53. The van der Waals surface area contributed by atoms with Crippen LogP contribution in [0.4, 0.5) is 5.82 Å². The molecule has 8 nitrogen and oxygen atoms in total. The maximum absolute atomic E-state index is 12.2. The van der Waals surface area contributed by atoms with Crippen LogP contribution in [0.2, 0.25) is 0 Å². The number of rotatable bonds is 4. The van der Waals surface area contributed by atoms with Gasteiger partial charge in [-0.05, 0) is 19.1 Å². The number of pyridine rings is 1. The maximum Gasteiger partial charge on any atom is 0.264 e. The van der Waals surface area contributed by atoms with Gasteiger partial charge in [-0.15, -0.1) is 0 Å². The molecule has 0 amide bonds. The quantitative estimate of drug-likeness (QED) is 0.775. The highest BCUT2D eigenvalue weighted by Crippen LogP contribution is 2.15. The summed E-state index contributed by atoms with van der Waals surface area (Å²) in [6.07, 6.45) is 7.43. The first-order valence-electron chi connectivity index (χ1n) is 6.31. The van der Waals surface area contributed by atoms with E-state index in [-0.39, 0.29) is 10.7 Å². The van der Waals surface area contributed by atoms with Crippen molar-refractivity contribution in [3.8, 4) is 5.82 Å². The van der Waals surface area contributed by atoms with Crippen LogP contribution in [-0.2, 0) is 10.0 Å². The van der Waals surface area contributed by atoms with Gasteiger partial charge in [0, 0.05) is 30.9 Å². The van der Waals surface area contributed by atoms with Crippen molar-refractivity contribution in [3.63, 3.8) is 0 Å².